The molecule has 0 fully saturated rings. The predicted octanol–water partition coefficient (Wildman–Crippen LogP) is 1.94. The maximum atomic E-state index is 11.7. The Kier molecular flexibility index (Phi) is 6.89. The summed E-state index contributed by atoms with van der Waals surface area (Å²) in [6, 6.07) is 11.4. The van der Waals surface area contributed by atoms with E-state index in [1.54, 1.807) is 13.3 Å². The molecule has 1 aromatic carbocycles. The number of rotatable bonds is 7. The monoisotopic (exact) mass is 328 g/mol. The smallest absolute Gasteiger partial charge is 0.251 e. The van der Waals surface area contributed by atoms with Gasteiger partial charge in [-0.1, -0.05) is 12.1 Å². The Morgan fingerprint density at radius 1 is 1.21 bits per heavy atom. The van der Waals surface area contributed by atoms with Gasteiger partial charge in [-0.2, -0.15) is 0 Å². The second-order valence-corrected chi connectivity index (χ2v) is 5.23. The first kappa shape index (κ1) is 17.6. The van der Waals surface area contributed by atoms with Crippen molar-refractivity contribution >= 4 is 11.9 Å². The highest BCUT2D eigenvalue weighted by atomic mass is 16.3. The van der Waals surface area contributed by atoms with Crippen molar-refractivity contribution < 1.29 is 9.21 Å². The molecular weight excluding hydrogens is 304 g/mol. The van der Waals surface area contributed by atoms with E-state index in [1.807, 2.05) is 43.3 Å². The SMILES string of the molecule is CCNC(=NCc1ccco1)NCCc1cccc(C(=O)NC)c1. The van der Waals surface area contributed by atoms with E-state index < -0.39 is 0 Å². The van der Waals surface area contributed by atoms with Crippen molar-refractivity contribution in [1.82, 2.24) is 16.0 Å². The van der Waals surface area contributed by atoms with Crippen LogP contribution in [-0.2, 0) is 13.0 Å². The fourth-order valence-corrected chi connectivity index (χ4v) is 2.24. The van der Waals surface area contributed by atoms with Crippen LogP contribution in [0.3, 0.4) is 0 Å². The zero-order valence-corrected chi connectivity index (χ0v) is 14.1. The van der Waals surface area contributed by atoms with Crippen LogP contribution in [0.1, 0.15) is 28.6 Å². The minimum Gasteiger partial charge on any atom is -0.467 e. The van der Waals surface area contributed by atoms with Crippen molar-refractivity contribution in [1.29, 1.82) is 0 Å². The molecular formula is C18H24N4O2. The first-order valence-corrected chi connectivity index (χ1v) is 8.08. The van der Waals surface area contributed by atoms with Gasteiger partial charge in [0.15, 0.2) is 5.96 Å². The Balaban J connectivity index is 1.88. The largest absolute Gasteiger partial charge is 0.467 e. The molecule has 0 bridgehead atoms. The molecule has 6 nitrogen and oxygen atoms in total. The molecule has 2 aromatic rings. The average Bonchev–Trinajstić information content (AvgIpc) is 3.12. The number of furan rings is 1. The van der Waals surface area contributed by atoms with Crippen LogP contribution < -0.4 is 16.0 Å². The topological polar surface area (TPSA) is 78.7 Å². The normalized spacial score (nSPS) is 11.2. The standard InChI is InChI=1S/C18H24N4O2/c1-3-20-18(22-13-16-8-5-11-24-16)21-10-9-14-6-4-7-15(12-14)17(23)19-2/h4-8,11-12H,3,9-10,13H2,1-2H3,(H,19,23)(H2,20,21,22). The maximum absolute atomic E-state index is 11.7. The van der Waals surface area contributed by atoms with Gasteiger partial charge in [-0.05, 0) is 43.2 Å². The molecule has 6 heteroatoms. The van der Waals surface area contributed by atoms with Crippen LogP contribution in [0.5, 0.6) is 0 Å². The minimum atomic E-state index is -0.0711. The van der Waals surface area contributed by atoms with Crippen molar-refractivity contribution in [2.45, 2.75) is 19.9 Å². The van der Waals surface area contributed by atoms with Crippen LogP contribution in [0.4, 0.5) is 0 Å². The molecule has 2 rings (SSSR count). The molecule has 1 aromatic heterocycles. The van der Waals surface area contributed by atoms with Crippen LogP contribution in [-0.4, -0.2) is 32.0 Å². The average molecular weight is 328 g/mol. The summed E-state index contributed by atoms with van der Waals surface area (Å²) >= 11 is 0. The second-order valence-electron chi connectivity index (χ2n) is 5.23. The lowest BCUT2D eigenvalue weighted by Gasteiger charge is -2.11. The van der Waals surface area contributed by atoms with Crippen molar-refractivity contribution in [2.24, 2.45) is 4.99 Å². The third kappa shape index (κ3) is 5.46. The molecule has 0 saturated heterocycles. The summed E-state index contributed by atoms with van der Waals surface area (Å²) in [6.45, 7) is 4.03. The van der Waals surface area contributed by atoms with E-state index in [1.165, 1.54) is 0 Å². The summed E-state index contributed by atoms with van der Waals surface area (Å²) in [4.78, 5) is 16.1. The molecule has 24 heavy (non-hydrogen) atoms. The Morgan fingerprint density at radius 3 is 2.79 bits per heavy atom. The lowest BCUT2D eigenvalue weighted by atomic mass is 10.1. The molecule has 128 valence electrons. The highest BCUT2D eigenvalue weighted by Gasteiger charge is 2.04. The molecule has 0 spiro atoms. The predicted molar refractivity (Wildman–Crippen MR) is 95.1 cm³/mol. The van der Waals surface area contributed by atoms with Crippen LogP contribution in [0.2, 0.25) is 0 Å². The molecule has 0 aliphatic carbocycles. The molecule has 1 amide bonds. The number of hydrogen-bond donors (Lipinski definition) is 3. The minimum absolute atomic E-state index is 0.0711. The van der Waals surface area contributed by atoms with Gasteiger partial charge in [-0.25, -0.2) is 4.99 Å². The maximum Gasteiger partial charge on any atom is 0.251 e. The van der Waals surface area contributed by atoms with Crippen LogP contribution in [0.15, 0.2) is 52.1 Å². The fraction of sp³-hybridized carbons (Fsp3) is 0.333. The molecule has 0 aliphatic rings. The number of carbonyl (C=O) groups is 1. The summed E-state index contributed by atoms with van der Waals surface area (Å²) in [6.07, 6.45) is 2.45. The van der Waals surface area contributed by atoms with Crippen LogP contribution in [0, 0.1) is 0 Å². The number of nitrogens with zero attached hydrogens (tertiary/aromatic N) is 1. The van der Waals surface area contributed by atoms with Gasteiger partial charge < -0.3 is 20.4 Å². The van der Waals surface area contributed by atoms with Gasteiger partial charge >= 0.3 is 0 Å². The molecule has 3 N–H and O–H groups in total. The summed E-state index contributed by atoms with van der Waals surface area (Å²) in [5.41, 5.74) is 1.78. The molecule has 0 saturated carbocycles. The van der Waals surface area contributed by atoms with Crippen molar-refractivity contribution in [3.63, 3.8) is 0 Å². The quantitative estimate of drug-likeness (QED) is 0.536. The first-order chi connectivity index (χ1) is 11.7. The van der Waals surface area contributed by atoms with Crippen LogP contribution in [0.25, 0.3) is 0 Å². The number of carbonyl (C=O) groups excluding carboxylic acids is 1. The van der Waals surface area contributed by atoms with Crippen molar-refractivity contribution in [2.75, 3.05) is 20.1 Å². The number of amides is 1. The summed E-state index contributed by atoms with van der Waals surface area (Å²) in [7, 11) is 1.63. The Hall–Kier alpha value is -2.76. The lowest BCUT2D eigenvalue weighted by Crippen LogP contribution is -2.38. The highest BCUT2D eigenvalue weighted by Crippen LogP contribution is 2.06. The van der Waals surface area contributed by atoms with Crippen molar-refractivity contribution in [3.05, 3.63) is 59.5 Å². The summed E-state index contributed by atoms with van der Waals surface area (Å²) in [5.74, 6) is 1.50. The van der Waals surface area contributed by atoms with Gasteiger partial charge in [0.2, 0.25) is 0 Å². The third-order valence-corrected chi connectivity index (χ3v) is 3.44. The third-order valence-electron chi connectivity index (χ3n) is 3.44. The summed E-state index contributed by atoms with van der Waals surface area (Å²) in [5, 5.41) is 9.13. The Morgan fingerprint density at radius 2 is 2.08 bits per heavy atom. The molecule has 0 atom stereocenters. The van der Waals surface area contributed by atoms with Gasteiger partial charge in [0, 0.05) is 25.7 Å². The van der Waals surface area contributed by atoms with E-state index in [0.717, 1.165) is 36.8 Å². The van der Waals surface area contributed by atoms with Gasteiger partial charge in [0.05, 0.1) is 6.26 Å². The van der Waals surface area contributed by atoms with Gasteiger partial charge in [0.25, 0.3) is 5.91 Å². The molecule has 0 unspecified atom stereocenters. The van der Waals surface area contributed by atoms with E-state index in [-0.39, 0.29) is 5.91 Å². The van der Waals surface area contributed by atoms with Crippen molar-refractivity contribution in [3.8, 4) is 0 Å². The molecule has 1 heterocycles. The van der Waals surface area contributed by atoms with Gasteiger partial charge in [-0.15, -0.1) is 0 Å². The summed E-state index contributed by atoms with van der Waals surface area (Å²) < 4.78 is 5.28. The Labute approximate surface area is 142 Å². The highest BCUT2D eigenvalue weighted by molar-refractivity contribution is 5.94. The zero-order chi connectivity index (χ0) is 17.2. The Bertz CT molecular complexity index is 665. The number of benzene rings is 1. The molecule has 0 aliphatic heterocycles. The number of nitrogens with one attached hydrogen (secondary N) is 3. The number of guanidine groups is 1. The van der Waals surface area contributed by atoms with E-state index in [9.17, 15) is 4.79 Å². The second kappa shape index (κ2) is 9.39. The van der Waals surface area contributed by atoms with E-state index in [0.29, 0.717) is 12.1 Å². The number of hydrogen-bond acceptors (Lipinski definition) is 3. The zero-order valence-electron chi connectivity index (χ0n) is 14.1. The van der Waals surface area contributed by atoms with E-state index in [4.69, 9.17) is 4.42 Å². The fourth-order valence-electron chi connectivity index (χ4n) is 2.24. The first-order valence-electron chi connectivity index (χ1n) is 8.08. The van der Waals surface area contributed by atoms with E-state index >= 15 is 0 Å². The lowest BCUT2D eigenvalue weighted by molar-refractivity contribution is 0.0963. The van der Waals surface area contributed by atoms with Gasteiger partial charge in [0.1, 0.15) is 12.3 Å². The van der Waals surface area contributed by atoms with Gasteiger partial charge in [-0.3, -0.25) is 4.79 Å². The van der Waals surface area contributed by atoms with Crippen LogP contribution >= 0.6 is 0 Å². The number of aliphatic imine (C=N–C) groups is 1. The van der Waals surface area contributed by atoms with E-state index in [2.05, 4.69) is 20.9 Å². The molecule has 0 radical (unpaired) electrons.